The van der Waals surface area contributed by atoms with Gasteiger partial charge in [-0.05, 0) is 128 Å². The lowest BCUT2D eigenvalue weighted by Gasteiger charge is -2.70. The van der Waals surface area contributed by atoms with Gasteiger partial charge in [0.2, 0.25) is 5.91 Å². The zero-order chi connectivity index (χ0) is 39.4. The third kappa shape index (κ3) is 6.73. The fraction of sp³-hybridized carbons (Fsp3) is 0.617. The molecule has 5 aliphatic carbocycles. The van der Waals surface area contributed by atoms with Crippen molar-refractivity contribution >= 4 is 35.0 Å². The van der Waals surface area contributed by atoms with E-state index in [1.54, 1.807) is 24.3 Å². The summed E-state index contributed by atoms with van der Waals surface area (Å²) < 4.78 is 12.1. The maximum Gasteiger partial charge on any atom is 0.313 e. The van der Waals surface area contributed by atoms with Gasteiger partial charge in [0.1, 0.15) is 19.0 Å². The number of Topliss-reactive ketones (excluding diaryl/α,β-unsaturated/α-hetero) is 1. The second kappa shape index (κ2) is 14.2. The Kier molecular flexibility index (Phi) is 10.2. The molecule has 4 fully saturated rings. The molecule has 3 N–H and O–H groups in total. The number of ketones is 1. The van der Waals surface area contributed by atoms with Crippen LogP contribution in [-0.2, 0) is 35.3 Å². The van der Waals surface area contributed by atoms with Crippen molar-refractivity contribution in [1.82, 2.24) is 0 Å². The highest BCUT2D eigenvalue weighted by Gasteiger charge is 2.70. The average molecular weight is 751 g/mol. The van der Waals surface area contributed by atoms with Gasteiger partial charge in [-0.2, -0.15) is 0 Å². The van der Waals surface area contributed by atoms with Gasteiger partial charge in [-0.3, -0.25) is 19.2 Å². The highest BCUT2D eigenvalue weighted by Crippen LogP contribution is 2.75. The number of ether oxygens (including phenoxy) is 2. The van der Waals surface area contributed by atoms with Crippen molar-refractivity contribution in [3.05, 3.63) is 71.8 Å². The summed E-state index contributed by atoms with van der Waals surface area (Å²) in [6.45, 7) is 14.5. The number of nitrogens with two attached hydrogens (primary N) is 1. The minimum absolute atomic E-state index is 0.0151. The van der Waals surface area contributed by atoms with Gasteiger partial charge >= 0.3 is 11.9 Å². The van der Waals surface area contributed by atoms with Crippen molar-refractivity contribution in [3.8, 4) is 0 Å². The van der Waals surface area contributed by atoms with Gasteiger partial charge in [-0.25, -0.2) is 0 Å². The zero-order valence-electron chi connectivity index (χ0n) is 33.9. The van der Waals surface area contributed by atoms with E-state index < -0.39 is 16.8 Å². The van der Waals surface area contributed by atoms with Crippen LogP contribution in [0.3, 0.4) is 0 Å². The van der Waals surface area contributed by atoms with E-state index in [0.29, 0.717) is 30.3 Å². The summed E-state index contributed by atoms with van der Waals surface area (Å²) in [5.74, 6) is -0.0494. The SMILES string of the molecule is CC1(C)CC[C@]2(C(=O)OCc3ccccc3)CC[C@]3(C)C(=CC[C@@H]4[C@@]5(C)CCC(=O)[C@@](C)(COC(=O)CCC(=O)Nc6cccc(N)c6)[C@@H]5CC[C@]43C)[C@@H]2C1. The Morgan fingerprint density at radius 2 is 1.58 bits per heavy atom. The van der Waals surface area contributed by atoms with Crippen molar-refractivity contribution in [2.45, 2.75) is 125 Å². The Morgan fingerprint density at radius 3 is 2.33 bits per heavy atom. The van der Waals surface area contributed by atoms with E-state index in [-0.39, 0.29) is 70.6 Å². The first-order valence-corrected chi connectivity index (χ1v) is 20.7. The number of rotatable bonds is 9. The molecule has 7 rings (SSSR count). The van der Waals surface area contributed by atoms with E-state index in [1.807, 2.05) is 37.3 Å². The number of carbonyl (C=O) groups is 4. The molecule has 0 radical (unpaired) electrons. The number of anilines is 2. The Bertz CT molecular complexity index is 1870. The van der Waals surface area contributed by atoms with Gasteiger partial charge in [0.15, 0.2) is 0 Å². The number of esters is 2. The fourth-order valence-corrected chi connectivity index (χ4v) is 12.6. The Labute approximate surface area is 327 Å². The Morgan fingerprint density at radius 1 is 0.836 bits per heavy atom. The minimum atomic E-state index is -0.795. The summed E-state index contributed by atoms with van der Waals surface area (Å²) in [5, 5.41) is 2.78. The topological polar surface area (TPSA) is 125 Å². The van der Waals surface area contributed by atoms with Crippen LogP contribution in [0.2, 0.25) is 0 Å². The van der Waals surface area contributed by atoms with E-state index in [0.717, 1.165) is 63.4 Å². The molecule has 5 aliphatic rings. The molecule has 0 unspecified atom stereocenters. The Hall–Kier alpha value is -3.94. The van der Waals surface area contributed by atoms with Crippen molar-refractivity contribution in [3.63, 3.8) is 0 Å². The van der Waals surface area contributed by atoms with Crippen molar-refractivity contribution in [2.24, 2.45) is 50.2 Å². The van der Waals surface area contributed by atoms with Gasteiger partial charge < -0.3 is 20.5 Å². The first-order chi connectivity index (χ1) is 26.0. The quantitative estimate of drug-likeness (QED) is 0.149. The number of hydrogen-bond acceptors (Lipinski definition) is 7. The lowest BCUT2D eigenvalue weighted by Crippen LogP contribution is -2.65. The zero-order valence-corrected chi connectivity index (χ0v) is 33.9. The van der Waals surface area contributed by atoms with Crippen LogP contribution in [0.5, 0.6) is 0 Å². The number of nitrogens with one attached hydrogen (secondary N) is 1. The van der Waals surface area contributed by atoms with E-state index in [2.05, 4.69) is 46.0 Å². The van der Waals surface area contributed by atoms with Gasteiger partial charge in [-0.1, -0.05) is 82.7 Å². The predicted molar refractivity (Wildman–Crippen MR) is 214 cm³/mol. The largest absolute Gasteiger partial charge is 0.465 e. The number of benzene rings is 2. The van der Waals surface area contributed by atoms with Crippen LogP contribution >= 0.6 is 0 Å². The molecule has 0 saturated heterocycles. The van der Waals surface area contributed by atoms with Crippen LogP contribution in [0.4, 0.5) is 11.4 Å². The third-order valence-corrected chi connectivity index (χ3v) is 16.1. The van der Waals surface area contributed by atoms with Crippen LogP contribution in [0.25, 0.3) is 0 Å². The lowest BCUT2D eigenvalue weighted by molar-refractivity contribution is -0.198. The number of nitrogen functional groups attached to an aromatic ring is 1. The summed E-state index contributed by atoms with van der Waals surface area (Å²) >= 11 is 0. The molecule has 0 aromatic heterocycles. The lowest BCUT2D eigenvalue weighted by atomic mass is 9.33. The molecule has 4 saturated carbocycles. The molecule has 2 aromatic rings. The van der Waals surface area contributed by atoms with E-state index in [9.17, 15) is 19.2 Å². The molecule has 0 heterocycles. The monoisotopic (exact) mass is 750 g/mol. The average Bonchev–Trinajstić information content (AvgIpc) is 3.14. The molecule has 55 heavy (non-hydrogen) atoms. The van der Waals surface area contributed by atoms with Gasteiger partial charge in [0.05, 0.1) is 17.3 Å². The molecule has 8 heteroatoms. The standard InChI is InChI=1S/C47H62N2O6/c1-42(2)23-25-47(41(53)54-29-31-11-8-7-9-12-31)26-24-45(5)34(35(47)28-42)15-16-37-43(3)21-20-38(50)44(4,36(43)19-22-46(37,45)6)30-55-40(52)18-17-39(51)49-33-14-10-13-32(48)27-33/h7-15,27,35-37H,16-26,28-30,48H2,1-6H3,(H,49,51)/t35-,36+,37+,43-,44-,45+,46+,47-/m0/s1. The van der Waals surface area contributed by atoms with Crippen LogP contribution in [0, 0.1) is 50.2 Å². The first kappa shape index (κ1) is 39.3. The number of fused-ring (bicyclic) bond motifs is 7. The minimum Gasteiger partial charge on any atom is -0.465 e. The second-order valence-electron chi connectivity index (χ2n) is 19.6. The molecule has 8 atom stereocenters. The molecule has 296 valence electrons. The number of amides is 1. The predicted octanol–water partition coefficient (Wildman–Crippen LogP) is 9.62. The van der Waals surface area contributed by atoms with Crippen LogP contribution in [0.1, 0.15) is 124 Å². The highest BCUT2D eigenvalue weighted by atomic mass is 16.5. The molecular formula is C47H62N2O6. The molecule has 2 aromatic carbocycles. The van der Waals surface area contributed by atoms with Crippen molar-refractivity contribution in [1.29, 1.82) is 0 Å². The maximum absolute atomic E-state index is 14.3. The molecule has 0 aliphatic heterocycles. The normalized spacial score (nSPS) is 36.1. The summed E-state index contributed by atoms with van der Waals surface area (Å²) in [4.78, 5) is 53.9. The second-order valence-corrected chi connectivity index (χ2v) is 19.6. The van der Waals surface area contributed by atoms with Gasteiger partial charge in [-0.15, -0.1) is 0 Å². The molecule has 8 nitrogen and oxygen atoms in total. The van der Waals surface area contributed by atoms with E-state index in [1.165, 1.54) is 5.57 Å². The van der Waals surface area contributed by atoms with Gasteiger partial charge in [0.25, 0.3) is 0 Å². The summed E-state index contributed by atoms with van der Waals surface area (Å²) in [6.07, 6.45) is 11.2. The van der Waals surface area contributed by atoms with Gasteiger partial charge in [0, 0.05) is 24.2 Å². The fourth-order valence-electron chi connectivity index (χ4n) is 12.6. The van der Waals surface area contributed by atoms with E-state index in [4.69, 9.17) is 15.2 Å². The van der Waals surface area contributed by atoms with E-state index >= 15 is 0 Å². The molecule has 0 bridgehead atoms. The smallest absolute Gasteiger partial charge is 0.313 e. The summed E-state index contributed by atoms with van der Waals surface area (Å²) in [5.41, 5.74) is 8.06. The number of hydrogen-bond donors (Lipinski definition) is 2. The van der Waals surface area contributed by atoms with Crippen molar-refractivity contribution < 1.29 is 28.7 Å². The number of allylic oxidation sites excluding steroid dienone is 2. The first-order valence-electron chi connectivity index (χ1n) is 20.7. The Balaban J connectivity index is 1.09. The maximum atomic E-state index is 14.3. The third-order valence-electron chi connectivity index (χ3n) is 16.1. The summed E-state index contributed by atoms with van der Waals surface area (Å²) in [7, 11) is 0. The molecule has 1 amide bonds. The highest BCUT2D eigenvalue weighted by molar-refractivity contribution is 5.93. The summed E-state index contributed by atoms with van der Waals surface area (Å²) in [6, 6.07) is 16.9. The number of carbonyl (C=O) groups excluding carboxylic acids is 4. The molecule has 0 spiro atoms. The van der Waals surface area contributed by atoms with Crippen LogP contribution in [-0.4, -0.2) is 30.2 Å². The van der Waals surface area contributed by atoms with Crippen LogP contribution in [0.15, 0.2) is 66.2 Å². The molecular weight excluding hydrogens is 689 g/mol. The van der Waals surface area contributed by atoms with Crippen LogP contribution < -0.4 is 11.1 Å². The van der Waals surface area contributed by atoms with Crippen molar-refractivity contribution in [2.75, 3.05) is 17.7 Å².